The summed E-state index contributed by atoms with van der Waals surface area (Å²) in [5, 5.41) is 3.09. The molecule has 0 atom stereocenters. The van der Waals surface area contributed by atoms with E-state index in [9.17, 15) is 17.6 Å². The summed E-state index contributed by atoms with van der Waals surface area (Å²) in [7, 11) is -3.68. The number of hydrogen-bond donors (Lipinski definition) is 1. The highest BCUT2D eigenvalue weighted by atomic mass is 32.2. The van der Waals surface area contributed by atoms with Crippen LogP contribution in [0.5, 0.6) is 0 Å². The molecule has 1 aliphatic carbocycles. The fraction of sp³-hybridized carbons (Fsp3) is 0.611. The lowest BCUT2D eigenvalue weighted by Gasteiger charge is -2.32. The number of rotatable bonds is 4. The third-order valence-corrected chi connectivity index (χ3v) is 7.10. The van der Waals surface area contributed by atoms with E-state index < -0.39 is 15.8 Å². The molecule has 1 saturated heterocycles. The van der Waals surface area contributed by atoms with E-state index in [2.05, 4.69) is 5.32 Å². The normalized spacial score (nSPS) is 21.2. The van der Waals surface area contributed by atoms with Gasteiger partial charge in [-0.2, -0.15) is 4.31 Å². The Bertz CT molecular complexity index is 709. The topological polar surface area (TPSA) is 66.5 Å². The van der Waals surface area contributed by atoms with Crippen molar-refractivity contribution in [1.82, 2.24) is 9.62 Å². The van der Waals surface area contributed by atoms with E-state index in [1.54, 1.807) is 0 Å². The molecular weight excluding hydrogens is 343 g/mol. The number of amides is 1. The molecule has 1 N–H and O–H groups in total. The Labute approximate surface area is 148 Å². The fourth-order valence-electron chi connectivity index (χ4n) is 3.70. The van der Waals surface area contributed by atoms with Gasteiger partial charge in [-0.1, -0.05) is 25.3 Å². The standard InChI is InChI=1S/C18H25FN2O3S/c19-15-7-4-8-17(13-15)25(23,24)21-11-9-16(10-12-21)20-18(22)14-5-2-1-3-6-14/h4,7-8,13-14,16H,1-3,5-6,9-12H2,(H,20,22). The summed E-state index contributed by atoms with van der Waals surface area (Å²) < 4.78 is 39.9. The van der Waals surface area contributed by atoms with Crippen molar-refractivity contribution in [1.29, 1.82) is 0 Å². The van der Waals surface area contributed by atoms with Crippen molar-refractivity contribution < 1.29 is 17.6 Å². The van der Waals surface area contributed by atoms with Gasteiger partial charge < -0.3 is 5.32 Å². The van der Waals surface area contributed by atoms with Gasteiger partial charge in [-0.3, -0.25) is 4.79 Å². The second kappa shape index (κ2) is 7.83. The smallest absolute Gasteiger partial charge is 0.243 e. The van der Waals surface area contributed by atoms with Crippen molar-refractivity contribution in [3.63, 3.8) is 0 Å². The number of carbonyl (C=O) groups excluding carboxylic acids is 1. The molecular formula is C18H25FN2O3S. The summed E-state index contributed by atoms with van der Waals surface area (Å²) in [5.41, 5.74) is 0. The third-order valence-electron chi connectivity index (χ3n) is 5.21. The van der Waals surface area contributed by atoms with E-state index in [1.165, 1.54) is 28.9 Å². The molecule has 0 radical (unpaired) electrons. The van der Waals surface area contributed by atoms with E-state index >= 15 is 0 Å². The van der Waals surface area contributed by atoms with E-state index in [1.807, 2.05) is 0 Å². The van der Waals surface area contributed by atoms with Gasteiger partial charge in [0.25, 0.3) is 0 Å². The van der Waals surface area contributed by atoms with E-state index in [-0.39, 0.29) is 22.8 Å². The molecule has 0 aromatic heterocycles. The fourth-order valence-corrected chi connectivity index (χ4v) is 5.20. The number of sulfonamides is 1. The van der Waals surface area contributed by atoms with E-state index in [0.29, 0.717) is 25.9 Å². The van der Waals surface area contributed by atoms with Gasteiger partial charge in [0, 0.05) is 25.0 Å². The first-order valence-corrected chi connectivity index (χ1v) is 10.5. The molecule has 0 unspecified atom stereocenters. The zero-order chi connectivity index (χ0) is 17.9. The quantitative estimate of drug-likeness (QED) is 0.889. The first-order valence-electron chi connectivity index (χ1n) is 9.03. The molecule has 25 heavy (non-hydrogen) atoms. The predicted octanol–water partition coefficient (Wildman–Crippen LogP) is 2.68. The Morgan fingerprint density at radius 2 is 1.76 bits per heavy atom. The van der Waals surface area contributed by atoms with Crippen LogP contribution in [-0.2, 0) is 14.8 Å². The largest absolute Gasteiger partial charge is 0.353 e. The van der Waals surface area contributed by atoms with Crippen LogP contribution in [0.2, 0.25) is 0 Å². The highest BCUT2D eigenvalue weighted by molar-refractivity contribution is 7.89. The first-order chi connectivity index (χ1) is 12.0. The highest BCUT2D eigenvalue weighted by Gasteiger charge is 2.31. The second-order valence-corrected chi connectivity index (χ2v) is 8.92. The Morgan fingerprint density at radius 1 is 1.08 bits per heavy atom. The lowest BCUT2D eigenvalue weighted by molar-refractivity contribution is -0.126. The summed E-state index contributed by atoms with van der Waals surface area (Å²) in [5.74, 6) is -0.329. The Morgan fingerprint density at radius 3 is 2.40 bits per heavy atom. The molecule has 2 aliphatic rings. The van der Waals surface area contributed by atoms with Crippen LogP contribution in [0, 0.1) is 11.7 Å². The Kier molecular flexibility index (Phi) is 5.74. The van der Waals surface area contributed by atoms with Crippen LogP contribution in [0.4, 0.5) is 4.39 Å². The van der Waals surface area contributed by atoms with Gasteiger partial charge >= 0.3 is 0 Å². The summed E-state index contributed by atoms with van der Waals surface area (Å²) >= 11 is 0. The third kappa shape index (κ3) is 4.39. The molecule has 138 valence electrons. The van der Waals surface area contributed by atoms with Gasteiger partial charge in [-0.25, -0.2) is 12.8 Å². The SMILES string of the molecule is O=C(NC1CCN(S(=O)(=O)c2cccc(F)c2)CC1)C1CCCCC1. The van der Waals surface area contributed by atoms with E-state index in [4.69, 9.17) is 0 Å². The lowest BCUT2D eigenvalue weighted by atomic mass is 9.88. The molecule has 1 saturated carbocycles. The van der Waals surface area contributed by atoms with Crippen LogP contribution in [0.1, 0.15) is 44.9 Å². The number of nitrogens with one attached hydrogen (secondary N) is 1. The molecule has 0 spiro atoms. The van der Waals surface area contributed by atoms with Gasteiger partial charge in [-0.15, -0.1) is 0 Å². The molecule has 0 bridgehead atoms. The maximum Gasteiger partial charge on any atom is 0.243 e. The van der Waals surface area contributed by atoms with Gasteiger partial charge in [-0.05, 0) is 43.9 Å². The van der Waals surface area contributed by atoms with Gasteiger partial charge in [0.1, 0.15) is 5.82 Å². The summed E-state index contributed by atoms with van der Waals surface area (Å²) in [4.78, 5) is 12.3. The van der Waals surface area contributed by atoms with Crippen LogP contribution in [0.15, 0.2) is 29.2 Å². The molecule has 5 nitrogen and oxygen atoms in total. The Balaban J connectivity index is 1.55. The molecule has 1 amide bonds. The molecule has 1 aromatic carbocycles. The zero-order valence-electron chi connectivity index (χ0n) is 14.3. The number of benzene rings is 1. The molecule has 3 rings (SSSR count). The van der Waals surface area contributed by atoms with Crippen molar-refractivity contribution in [3.05, 3.63) is 30.1 Å². The molecule has 2 fully saturated rings. The summed E-state index contributed by atoms with van der Waals surface area (Å²) in [6.45, 7) is 0.683. The maximum atomic E-state index is 13.3. The predicted molar refractivity (Wildman–Crippen MR) is 92.9 cm³/mol. The molecule has 1 heterocycles. The highest BCUT2D eigenvalue weighted by Crippen LogP contribution is 2.25. The average Bonchev–Trinajstić information content (AvgIpc) is 2.63. The number of piperidine rings is 1. The molecule has 7 heteroatoms. The number of carbonyl (C=O) groups is 1. The van der Waals surface area contributed by atoms with Crippen LogP contribution in [-0.4, -0.2) is 37.8 Å². The van der Waals surface area contributed by atoms with Crippen molar-refractivity contribution in [2.75, 3.05) is 13.1 Å². The Hall–Kier alpha value is -1.47. The minimum atomic E-state index is -3.68. The van der Waals surface area contributed by atoms with Gasteiger partial charge in [0.2, 0.25) is 15.9 Å². The van der Waals surface area contributed by atoms with Crippen LogP contribution in [0.25, 0.3) is 0 Å². The first kappa shape index (κ1) is 18.3. The molecule has 1 aromatic rings. The van der Waals surface area contributed by atoms with Crippen molar-refractivity contribution in [2.45, 2.75) is 55.9 Å². The van der Waals surface area contributed by atoms with E-state index in [0.717, 1.165) is 31.7 Å². The van der Waals surface area contributed by atoms with Crippen molar-refractivity contribution in [2.24, 2.45) is 5.92 Å². The second-order valence-electron chi connectivity index (χ2n) is 6.98. The number of hydrogen-bond acceptors (Lipinski definition) is 3. The van der Waals surface area contributed by atoms with Gasteiger partial charge in [0.15, 0.2) is 0 Å². The minimum Gasteiger partial charge on any atom is -0.353 e. The van der Waals surface area contributed by atoms with Crippen LogP contribution in [0.3, 0.4) is 0 Å². The van der Waals surface area contributed by atoms with Gasteiger partial charge in [0.05, 0.1) is 4.90 Å². The minimum absolute atomic E-state index is 0.0165. The molecule has 1 aliphatic heterocycles. The average molecular weight is 368 g/mol. The van der Waals surface area contributed by atoms with Crippen LogP contribution < -0.4 is 5.32 Å². The summed E-state index contributed by atoms with van der Waals surface area (Å²) in [6.07, 6.45) is 6.53. The summed E-state index contributed by atoms with van der Waals surface area (Å²) in [6, 6.07) is 5.11. The number of halogens is 1. The number of nitrogens with zero attached hydrogens (tertiary/aromatic N) is 1. The van der Waals surface area contributed by atoms with Crippen molar-refractivity contribution >= 4 is 15.9 Å². The van der Waals surface area contributed by atoms with Crippen LogP contribution >= 0.6 is 0 Å². The maximum absolute atomic E-state index is 13.3. The van der Waals surface area contributed by atoms with Crippen molar-refractivity contribution in [3.8, 4) is 0 Å². The monoisotopic (exact) mass is 368 g/mol. The lowest BCUT2D eigenvalue weighted by Crippen LogP contribution is -2.48. The zero-order valence-corrected chi connectivity index (χ0v) is 15.1.